The van der Waals surface area contributed by atoms with Gasteiger partial charge in [0.2, 0.25) is 0 Å². The van der Waals surface area contributed by atoms with E-state index in [-0.39, 0.29) is 11.9 Å². The number of hydrogen-bond donors (Lipinski definition) is 1. The molecule has 1 aromatic rings. The second-order valence-corrected chi connectivity index (χ2v) is 3.88. The van der Waals surface area contributed by atoms with Crippen LogP contribution in [0, 0.1) is 0 Å². The van der Waals surface area contributed by atoms with Crippen molar-refractivity contribution in [3.63, 3.8) is 0 Å². The van der Waals surface area contributed by atoms with Crippen molar-refractivity contribution < 1.29 is 9.63 Å². The summed E-state index contributed by atoms with van der Waals surface area (Å²) >= 11 is 0. The van der Waals surface area contributed by atoms with E-state index in [0.29, 0.717) is 0 Å². The van der Waals surface area contributed by atoms with E-state index in [1.165, 1.54) is 6.92 Å². The number of allylic oxidation sites excluding steroid dienone is 1. The van der Waals surface area contributed by atoms with Gasteiger partial charge in [0, 0.05) is 0 Å². The van der Waals surface area contributed by atoms with Gasteiger partial charge in [0.15, 0.2) is 5.78 Å². The molecule has 0 aliphatic heterocycles. The van der Waals surface area contributed by atoms with Gasteiger partial charge in [-0.05, 0) is 37.6 Å². The van der Waals surface area contributed by atoms with Crippen LogP contribution in [0.4, 0.5) is 5.69 Å². The van der Waals surface area contributed by atoms with Crippen molar-refractivity contribution in [1.29, 1.82) is 0 Å². The predicted molar refractivity (Wildman–Crippen MR) is 69.7 cm³/mol. The van der Waals surface area contributed by atoms with Crippen molar-refractivity contribution in [2.24, 2.45) is 0 Å². The third-order valence-corrected chi connectivity index (χ3v) is 2.22. The Bertz CT molecular complexity index is 360. The number of hydrogen-bond acceptors (Lipinski definition) is 3. The molecule has 0 unspecified atom stereocenters. The summed E-state index contributed by atoms with van der Waals surface area (Å²) in [6, 6.07) is 9.68. The van der Waals surface area contributed by atoms with Crippen LogP contribution in [0.1, 0.15) is 26.7 Å². The minimum Gasteiger partial charge on any atom is -0.295 e. The number of carbonyl (C=O) groups excluding carboxylic acids is 1. The molecule has 0 bridgehead atoms. The Morgan fingerprint density at radius 2 is 2.12 bits per heavy atom. The molecule has 1 atom stereocenters. The highest BCUT2D eigenvalue weighted by Crippen LogP contribution is 2.09. The van der Waals surface area contributed by atoms with Crippen molar-refractivity contribution in [2.75, 3.05) is 5.48 Å². The summed E-state index contributed by atoms with van der Waals surface area (Å²) in [5, 5.41) is 0. The van der Waals surface area contributed by atoms with Crippen LogP contribution in [-0.2, 0) is 9.63 Å². The molecule has 0 spiro atoms. The summed E-state index contributed by atoms with van der Waals surface area (Å²) in [4.78, 5) is 16.4. The maximum absolute atomic E-state index is 10.9. The molecule has 3 nitrogen and oxygen atoms in total. The van der Waals surface area contributed by atoms with Gasteiger partial charge >= 0.3 is 0 Å². The summed E-state index contributed by atoms with van der Waals surface area (Å²) in [7, 11) is 0. The van der Waals surface area contributed by atoms with Crippen LogP contribution < -0.4 is 5.48 Å². The number of anilines is 1. The molecule has 3 heteroatoms. The lowest BCUT2D eigenvalue weighted by atomic mass is 10.2. The van der Waals surface area contributed by atoms with Crippen LogP contribution in [0.5, 0.6) is 0 Å². The monoisotopic (exact) mass is 233 g/mol. The van der Waals surface area contributed by atoms with Gasteiger partial charge in [-0.1, -0.05) is 31.5 Å². The normalized spacial score (nSPS) is 12.6. The standard InChI is InChI=1S/C14H19NO2/c1-3-7-14(11-10-12(2)16)17-15-13-8-5-4-6-9-13/h4-6,8-11,14-15H,3,7H2,1-2H3/b11-10+/t14-/m1/s1. The lowest BCUT2D eigenvalue weighted by Gasteiger charge is -2.14. The number of nitrogens with one attached hydrogen (secondary N) is 1. The molecular weight excluding hydrogens is 214 g/mol. The molecule has 0 amide bonds. The van der Waals surface area contributed by atoms with Gasteiger partial charge in [-0.3, -0.25) is 15.1 Å². The fourth-order valence-corrected chi connectivity index (χ4v) is 1.37. The van der Waals surface area contributed by atoms with Gasteiger partial charge in [0.25, 0.3) is 0 Å². The third-order valence-electron chi connectivity index (χ3n) is 2.22. The van der Waals surface area contributed by atoms with Crippen molar-refractivity contribution in [3.8, 4) is 0 Å². The summed E-state index contributed by atoms with van der Waals surface area (Å²) in [5.74, 6) is 0.0365. The first-order valence-corrected chi connectivity index (χ1v) is 5.88. The van der Waals surface area contributed by atoms with E-state index in [0.717, 1.165) is 18.5 Å². The third kappa shape index (κ3) is 5.88. The number of ketones is 1. The molecule has 1 rings (SSSR count). The van der Waals surface area contributed by atoms with E-state index in [1.807, 2.05) is 30.3 Å². The zero-order chi connectivity index (χ0) is 12.5. The van der Waals surface area contributed by atoms with Gasteiger partial charge in [0.1, 0.15) is 6.10 Å². The molecule has 0 saturated carbocycles. The molecule has 0 heterocycles. The Kier molecular flexibility index (Phi) is 6.04. The molecule has 0 saturated heterocycles. The summed E-state index contributed by atoms with van der Waals surface area (Å²) in [6.45, 7) is 3.62. The molecule has 1 N–H and O–H groups in total. The number of benzene rings is 1. The number of rotatable bonds is 7. The van der Waals surface area contributed by atoms with E-state index >= 15 is 0 Å². The van der Waals surface area contributed by atoms with Crippen molar-refractivity contribution in [1.82, 2.24) is 0 Å². The Morgan fingerprint density at radius 3 is 2.71 bits per heavy atom. The van der Waals surface area contributed by atoms with Crippen LogP contribution >= 0.6 is 0 Å². The Morgan fingerprint density at radius 1 is 1.41 bits per heavy atom. The van der Waals surface area contributed by atoms with Gasteiger partial charge < -0.3 is 0 Å². The molecule has 0 aromatic heterocycles. The second kappa shape index (κ2) is 7.63. The molecule has 0 aliphatic carbocycles. The molecule has 1 aromatic carbocycles. The van der Waals surface area contributed by atoms with Gasteiger partial charge in [-0.15, -0.1) is 0 Å². The molecular formula is C14H19NO2. The van der Waals surface area contributed by atoms with Crippen molar-refractivity contribution in [3.05, 3.63) is 42.5 Å². The average Bonchev–Trinajstić information content (AvgIpc) is 2.34. The molecule has 0 radical (unpaired) electrons. The first-order valence-electron chi connectivity index (χ1n) is 5.88. The highest BCUT2D eigenvalue weighted by atomic mass is 16.7. The first-order chi connectivity index (χ1) is 8.22. The van der Waals surface area contributed by atoms with E-state index in [4.69, 9.17) is 4.84 Å². The van der Waals surface area contributed by atoms with Gasteiger partial charge in [0.05, 0.1) is 5.69 Å². The van der Waals surface area contributed by atoms with Crippen LogP contribution in [0.3, 0.4) is 0 Å². The molecule has 92 valence electrons. The van der Waals surface area contributed by atoms with Gasteiger partial charge in [-0.2, -0.15) is 0 Å². The van der Waals surface area contributed by atoms with E-state index in [1.54, 1.807) is 12.2 Å². The number of carbonyl (C=O) groups is 1. The van der Waals surface area contributed by atoms with Crippen LogP contribution in [0.2, 0.25) is 0 Å². The summed E-state index contributed by atoms with van der Waals surface area (Å²) in [6.07, 6.45) is 5.14. The molecule has 0 aliphatic rings. The maximum atomic E-state index is 10.9. The van der Waals surface area contributed by atoms with Crippen molar-refractivity contribution in [2.45, 2.75) is 32.8 Å². The minimum absolute atomic E-state index is 0.0365. The maximum Gasteiger partial charge on any atom is 0.152 e. The highest BCUT2D eigenvalue weighted by molar-refractivity contribution is 5.87. The zero-order valence-corrected chi connectivity index (χ0v) is 10.3. The Labute approximate surface area is 102 Å². The quantitative estimate of drug-likeness (QED) is 0.580. The molecule has 17 heavy (non-hydrogen) atoms. The minimum atomic E-state index is -0.0795. The fourth-order valence-electron chi connectivity index (χ4n) is 1.37. The largest absolute Gasteiger partial charge is 0.295 e. The zero-order valence-electron chi connectivity index (χ0n) is 10.3. The predicted octanol–water partition coefficient (Wildman–Crippen LogP) is 3.34. The second-order valence-electron chi connectivity index (χ2n) is 3.88. The topological polar surface area (TPSA) is 38.3 Å². The van der Waals surface area contributed by atoms with Crippen molar-refractivity contribution >= 4 is 11.5 Å². The first kappa shape index (κ1) is 13.5. The smallest absolute Gasteiger partial charge is 0.152 e. The SMILES string of the molecule is CCC[C@H](/C=C/C(C)=O)ONc1ccccc1. The highest BCUT2D eigenvalue weighted by Gasteiger charge is 2.04. The van der Waals surface area contributed by atoms with Crippen LogP contribution in [-0.4, -0.2) is 11.9 Å². The average molecular weight is 233 g/mol. The summed E-state index contributed by atoms with van der Waals surface area (Å²) < 4.78 is 0. The van der Waals surface area contributed by atoms with E-state index < -0.39 is 0 Å². The van der Waals surface area contributed by atoms with E-state index in [9.17, 15) is 4.79 Å². The lowest BCUT2D eigenvalue weighted by Crippen LogP contribution is -2.14. The van der Waals surface area contributed by atoms with Crippen LogP contribution in [0.25, 0.3) is 0 Å². The number of para-hydroxylation sites is 1. The van der Waals surface area contributed by atoms with E-state index in [2.05, 4.69) is 12.4 Å². The summed E-state index contributed by atoms with van der Waals surface area (Å²) in [5.41, 5.74) is 3.80. The Balaban J connectivity index is 2.47. The Hall–Kier alpha value is -1.61. The van der Waals surface area contributed by atoms with Gasteiger partial charge in [-0.25, -0.2) is 0 Å². The lowest BCUT2D eigenvalue weighted by molar-refractivity contribution is -0.112. The van der Waals surface area contributed by atoms with Crippen LogP contribution in [0.15, 0.2) is 42.5 Å². The fraction of sp³-hybridized carbons (Fsp3) is 0.357. The molecule has 0 fully saturated rings.